The molecule has 0 saturated heterocycles. The van der Waals surface area contributed by atoms with Gasteiger partial charge in [-0.15, -0.1) is 10.2 Å². The number of anilines is 1. The van der Waals surface area contributed by atoms with E-state index in [4.69, 9.17) is 4.74 Å². The Kier molecular flexibility index (Phi) is 6.77. The molecule has 6 nitrogen and oxygen atoms in total. The number of hydrogen-bond acceptors (Lipinski definition) is 6. The van der Waals surface area contributed by atoms with Gasteiger partial charge in [-0.25, -0.2) is 0 Å². The lowest BCUT2D eigenvalue weighted by molar-refractivity contribution is -0.139. The summed E-state index contributed by atoms with van der Waals surface area (Å²) >= 11 is 1.42. The van der Waals surface area contributed by atoms with Crippen molar-refractivity contribution in [1.29, 1.82) is 0 Å². The van der Waals surface area contributed by atoms with Crippen molar-refractivity contribution in [2.45, 2.75) is 50.2 Å². The van der Waals surface area contributed by atoms with Crippen LogP contribution in [0.4, 0.5) is 5.69 Å². The first-order valence-electron chi connectivity index (χ1n) is 9.61. The lowest BCUT2D eigenvalue weighted by Gasteiger charge is -2.25. The first-order valence-corrected chi connectivity index (χ1v) is 10.6. The third-order valence-corrected chi connectivity index (χ3v) is 5.79. The highest BCUT2D eigenvalue weighted by Gasteiger charge is 2.24. The number of rotatable bonds is 7. The summed E-state index contributed by atoms with van der Waals surface area (Å²) in [6.07, 6.45) is 6.01. The van der Waals surface area contributed by atoms with Gasteiger partial charge in [0.1, 0.15) is 0 Å². The lowest BCUT2D eigenvalue weighted by Crippen LogP contribution is -2.16. The molecule has 1 heterocycles. The zero-order valence-electron chi connectivity index (χ0n) is 16.4. The monoisotopic (exact) mass is 388 g/mol. The Balaban J connectivity index is 1.89. The van der Waals surface area contributed by atoms with Crippen molar-refractivity contribution in [3.8, 4) is 11.4 Å². The average Bonchev–Trinajstić information content (AvgIpc) is 3.11. The summed E-state index contributed by atoms with van der Waals surface area (Å²) in [7, 11) is 4.06. The van der Waals surface area contributed by atoms with Gasteiger partial charge in [-0.2, -0.15) is 0 Å². The fraction of sp³-hybridized carbons (Fsp3) is 0.550. The maximum atomic E-state index is 11.8. The fourth-order valence-electron chi connectivity index (χ4n) is 3.48. The number of hydrogen-bond donors (Lipinski definition) is 0. The Morgan fingerprint density at radius 2 is 1.89 bits per heavy atom. The summed E-state index contributed by atoms with van der Waals surface area (Å²) in [6.45, 7) is 2.22. The molecular formula is C20H28N4O2S. The molecular weight excluding hydrogens is 360 g/mol. The van der Waals surface area contributed by atoms with Crippen molar-refractivity contribution >= 4 is 23.4 Å². The molecule has 0 amide bonds. The van der Waals surface area contributed by atoms with E-state index in [9.17, 15) is 4.79 Å². The molecule has 1 aliphatic carbocycles. The topological polar surface area (TPSA) is 60.2 Å². The Bertz CT molecular complexity index is 752. The van der Waals surface area contributed by atoms with E-state index in [0.717, 1.165) is 35.1 Å². The number of carbonyl (C=O) groups excluding carboxylic acids is 1. The van der Waals surface area contributed by atoms with E-state index in [1.165, 1.54) is 31.0 Å². The van der Waals surface area contributed by atoms with E-state index >= 15 is 0 Å². The zero-order valence-corrected chi connectivity index (χ0v) is 17.2. The van der Waals surface area contributed by atoms with Crippen LogP contribution in [0.15, 0.2) is 29.4 Å². The van der Waals surface area contributed by atoms with E-state index in [2.05, 4.69) is 43.9 Å². The molecule has 0 N–H and O–H groups in total. The smallest absolute Gasteiger partial charge is 0.316 e. The molecule has 146 valence electrons. The van der Waals surface area contributed by atoms with Crippen molar-refractivity contribution in [3.05, 3.63) is 24.3 Å². The van der Waals surface area contributed by atoms with Gasteiger partial charge in [-0.3, -0.25) is 9.36 Å². The maximum absolute atomic E-state index is 11.8. The molecule has 7 heteroatoms. The minimum absolute atomic E-state index is 0.211. The predicted octanol–water partition coefficient (Wildman–Crippen LogP) is 4.17. The van der Waals surface area contributed by atoms with Crippen LogP contribution >= 0.6 is 11.8 Å². The summed E-state index contributed by atoms with van der Waals surface area (Å²) in [5.41, 5.74) is 2.21. The second-order valence-corrected chi connectivity index (χ2v) is 7.95. The molecule has 0 aliphatic heterocycles. The number of aromatic nitrogens is 3. The Morgan fingerprint density at radius 3 is 2.52 bits per heavy atom. The van der Waals surface area contributed by atoms with Crippen LogP contribution in [0.2, 0.25) is 0 Å². The van der Waals surface area contributed by atoms with Gasteiger partial charge in [0.25, 0.3) is 0 Å². The van der Waals surface area contributed by atoms with Gasteiger partial charge in [0.2, 0.25) is 0 Å². The molecule has 0 atom stereocenters. The van der Waals surface area contributed by atoms with Gasteiger partial charge in [0.15, 0.2) is 11.0 Å². The molecule has 1 aliphatic rings. The summed E-state index contributed by atoms with van der Waals surface area (Å²) in [5, 5.41) is 9.71. The Labute approximate surface area is 165 Å². The lowest BCUT2D eigenvalue weighted by atomic mass is 9.95. The number of thioether (sulfide) groups is 1. The minimum Gasteiger partial charge on any atom is -0.465 e. The van der Waals surface area contributed by atoms with Crippen molar-refractivity contribution < 1.29 is 9.53 Å². The molecule has 2 aromatic rings. The molecule has 0 bridgehead atoms. The second-order valence-electron chi connectivity index (χ2n) is 7.00. The van der Waals surface area contributed by atoms with Gasteiger partial charge in [-0.05, 0) is 44.0 Å². The molecule has 1 fully saturated rings. The van der Waals surface area contributed by atoms with Crippen LogP contribution in [0.1, 0.15) is 45.1 Å². The van der Waals surface area contributed by atoms with Crippen molar-refractivity contribution in [3.63, 3.8) is 0 Å². The first-order chi connectivity index (χ1) is 13.1. The normalized spacial score (nSPS) is 14.9. The molecule has 27 heavy (non-hydrogen) atoms. The molecule has 0 unspecified atom stereocenters. The van der Waals surface area contributed by atoms with Crippen LogP contribution < -0.4 is 4.90 Å². The average molecular weight is 389 g/mol. The van der Waals surface area contributed by atoms with Crippen LogP contribution in [0.25, 0.3) is 11.4 Å². The Hall–Kier alpha value is -2.02. The largest absolute Gasteiger partial charge is 0.465 e. The van der Waals surface area contributed by atoms with E-state index in [-0.39, 0.29) is 11.7 Å². The summed E-state index contributed by atoms with van der Waals surface area (Å²) in [4.78, 5) is 13.9. The van der Waals surface area contributed by atoms with Crippen LogP contribution in [-0.4, -0.2) is 47.2 Å². The molecule has 0 spiro atoms. The summed E-state index contributed by atoms with van der Waals surface area (Å²) in [5.74, 6) is 0.939. The van der Waals surface area contributed by atoms with Crippen molar-refractivity contribution in [2.75, 3.05) is 31.4 Å². The molecule has 1 aromatic carbocycles. The highest BCUT2D eigenvalue weighted by molar-refractivity contribution is 7.99. The molecule has 1 aromatic heterocycles. The van der Waals surface area contributed by atoms with Gasteiger partial charge < -0.3 is 9.64 Å². The number of esters is 1. The van der Waals surface area contributed by atoms with Crippen LogP contribution in [0.3, 0.4) is 0 Å². The summed E-state index contributed by atoms with van der Waals surface area (Å²) < 4.78 is 7.30. The van der Waals surface area contributed by atoms with Crippen molar-refractivity contribution in [2.24, 2.45) is 0 Å². The molecule has 0 radical (unpaired) electrons. The van der Waals surface area contributed by atoms with Gasteiger partial charge >= 0.3 is 5.97 Å². The highest BCUT2D eigenvalue weighted by Crippen LogP contribution is 2.35. The Morgan fingerprint density at radius 1 is 1.19 bits per heavy atom. The fourth-order valence-corrected chi connectivity index (χ4v) is 4.28. The minimum atomic E-state index is -0.211. The summed E-state index contributed by atoms with van der Waals surface area (Å²) in [6, 6.07) is 8.78. The quantitative estimate of drug-likeness (QED) is 0.524. The highest BCUT2D eigenvalue weighted by atomic mass is 32.2. The van der Waals surface area contributed by atoms with Gasteiger partial charge in [0.05, 0.1) is 12.4 Å². The number of benzene rings is 1. The van der Waals surface area contributed by atoms with E-state index in [1.54, 1.807) is 0 Å². The van der Waals surface area contributed by atoms with Crippen molar-refractivity contribution in [1.82, 2.24) is 14.8 Å². The zero-order chi connectivity index (χ0) is 19.2. The number of ether oxygens (including phenoxy) is 1. The number of nitrogens with zero attached hydrogens (tertiary/aromatic N) is 4. The molecule has 3 rings (SSSR count). The predicted molar refractivity (Wildman–Crippen MR) is 109 cm³/mol. The van der Waals surface area contributed by atoms with E-state index in [0.29, 0.717) is 12.6 Å². The van der Waals surface area contributed by atoms with Crippen LogP contribution in [0, 0.1) is 0 Å². The van der Waals surface area contributed by atoms with Crippen LogP contribution in [0.5, 0.6) is 0 Å². The van der Waals surface area contributed by atoms with E-state index in [1.807, 2.05) is 21.0 Å². The standard InChI is InChI=1S/C20H28N4O2S/c1-4-26-18(25)14-27-20-22-21-19(24(20)17-8-6-5-7-9-17)15-10-12-16(13-11-15)23(2)3/h10-13,17H,4-9,14H2,1-3H3. The SMILES string of the molecule is CCOC(=O)CSc1nnc(-c2ccc(N(C)C)cc2)n1C1CCCCC1. The van der Waals surface area contributed by atoms with E-state index < -0.39 is 0 Å². The first kappa shape index (κ1) is 19.7. The third-order valence-electron chi connectivity index (χ3n) is 4.87. The van der Waals surface area contributed by atoms with Gasteiger partial charge in [0, 0.05) is 31.4 Å². The molecule has 1 saturated carbocycles. The second kappa shape index (κ2) is 9.26. The number of carbonyl (C=O) groups is 1. The van der Waals surface area contributed by atoms with Crippen LogP contribution in [-0.2, 0) is 9.53 Å². The maximum Gasteiger partial charge on any atom is 0.316 e. The third kappa shape index (κ3) is 4.83. The van der Waals surface area contributed by atoms with Gasteiger partial charge in [-0.1, -0.05) is 31.0 Å².